The molecule has 0 aromatic heterocycles. The summed E-state index contributed by atoms with van der Waals surface area (Å²) in [6.45, 7) is 0.389. The summed E-state index contributed by atoms with van der Waals surface area (Å²) in [6, 6.07) is 6.75. The topological polar surface area (TPSA) is 53.7 Å². The molecule has 3 fully saturated rings. The fourth-order valence-electron chi connectivity index (χ4n) is 5.21. The lowest BCUT2D eigenvalue weighted by Crippen LogP contribution is -2.40. The van der Waals surface area contributed by atoms with Gasteiger partial charge in [0.1, 0.15) is 16.1 Å². The van der Waals surface area contributed by atoms with Crippen molar-refractivity contribution in [1.82, 2.24) is 0 Å². The summed E-state index contributed by atoms with van der Waals surface area (Å²) in [5, 5.41) is 0. The van der Waals surface area contributed by atoms with Crippen LogP contribution in [-0.4, -0.2) is 33.2 Å². The molecule has 3 aliphatic carbocycles. The summed E-state index contributed by atoms with van der Waals surface area (Å²) in [5.74, 6) is 2.21. The van der Waals surface area contributed by atoms with Gasteiger partial charge in [0.2, 0.25) is 0 Å². The lowest BCUT2D eigenvalue weighted by atomic mass is 9.83. The van der Waals surface area contributed by atoms with Gasteiger partial charge >= 0.3 is 6.36 Å². The summed E-state index contributed by atoms with van der Waals surface area (Å²) >= 11 is -0.609. The Balaban J connectivity index is 1.40. The summed E-state index contributed by atoms with van der Waals surface area (Å²) in [7, 11) is 0. The average molecular weight is 549 g/mol. The molecule has 4 nitrogen and oxygen atoms in total. The standard InChI is InChI=1S/C23H27F3INO3/c24-23(25,26)31-19-4-2-1-3-17(19)20-18(22(13-5-6-13)30-12-27-20)11-29-16-9-14-7-8-15(10-16)21(14)28/h1-4,13-16,21H,5-12,28H2. The van der Waals surface area contributed by atoms with Crippen LogP contribution in [0.2, 0.25) is 0 Å². The number of hydrogen-bond acceptors (Lipinski definition) is 4. The number of para-hydroxylation sites is 1. The van der Waals surface area contributed by atoms with Crippen molar-refractivity contribution in [3.8, 4) is 5.75 Å². The molecule has 5 rings (SSSR count). The second-order valence-electron chi connectivity index (χ2n) is 8.94. The zero-order valence-electron chi connectivity index (χ0n) is 17.2. The van der Waals surface area contributed by atoms with E-state index in [1.807, 2.05) is 0 Å². The number of nitrogens with two attached hydrogens (primary N) is 1. The third-order valence-corrected chi connectivity index (χ3v) is 9.47. The smallest absolute Gasteiger partial charge is 0.487 e. The number of ether oxygens (including phenoxy) is 3. The lowest BCUT2D eigenvalue weighted by Gasteiger charge is -2.33. The first-order valence-electron chi connectivity index (χ1n) is 10.9. The van der Waals surface area contributed by atoms with Crippen LogP contribution in [0.25, 0.3) is 0 Å². The van der Waals surface area contributed by atoms with Gasteiger partial charge in [0.15, 0.2) is 0 Å². The van der Waals surface area contributed by atoms with Crippen molar-refractivity contribution < 1.29 is 27.4 Å². The Morgan fingerprint density at radius 2 is 1.77 bits per heavy atom. The highest BCUT2D eigenvalue weighted by Crippen LogP contribution is 2.45. The summed E-state index contributed by atoms with van der Waals surface area (Å²) in [5.41, 5.74) is 7.82. The molecule has 1 aliphatic heterocycles. The van der Waals surface area contributed by atoms with E-state index in [1.54, 1.807) is 18.2 Å². The highest BCUT2D eigenvalue weighted by Gasteiger charge is 2.42. The molecule has 4 aliphatic rings. The number of alkyl halides is 4. The Morgan fingerprint density at radius 1 is 1.06 bits per heavy atom. The van der Waals surface area contributed by atoms with E-state index in [9.17, 15) is 13.2 Å². The first-order chi connectivity index (χ1) is 14.9. The number of hydrogen-bond donors (Lipinski definition) is 1. The highest BCUT2D eigenvalue weighted by atomic mass is 127. The second kappa shape index (κ2) is 8.67. The third-order valence-electron chi connectivity index (χ3n) is 6.85. The molecule has 2 unspecified atom stereocenters. The molecular formula is C23H27F3INO3. The van der Waals surface area contributed by atoms with E-state index in [-0.39, 0.29) is 11.9 Å². The van der Waals surface area contributed by atoms with Gasteiger partial charge in [0.05, 0.1) is 12.7 Å². The molecule has 2 bridgehead atoms. The fraction of sp³-hybridized carbons (Fsp3) is 0.609. The van der Waals surface area contributed by atoms with Gasteiger partial charge in [-0.05, 0) is 56.4 Å². The fourth-order valence-corrected chi connectivity index (χ4v) is 7.75. The molecular weight excluding hydrogens is 522 g/mol. The van der Waals surface area contributed by atoms with E-state index in [2.05, 4.69) is 4.74 Å². The first kappa shape index (κ1) is 21.7. The van der Waals surface area contributed by atoms with Crippen LogP contribution in [0.3, 0.4) is 0 Å². The van der Waals surface area contributed by atoms with Crippen LogP contribution in [0.5, 0.6) is 5.75 Å². The van der Waals surface area contributed by atoms with Crippen LogP contribution < -0.4 is 10.5 Å². The van der Waals surface area contributed by atoms with E-state index in [0.29, 0.717) is 40.6 Å². The molecule has 31 heavy (non-hydrogen) atoms. The Kier molecular flexibility index (Phi) is 6.07. The Bertz CT molecular complexity index is 882. The highest BCUT2D eigenvalue weighted by molar-refractivity contribution is 14.2. The Morgan fingerprint density at radius 3 is 2.45 bits per heavy atom. The molecule has 0 radical (unpaired) electrons. The average Bonchev–Trinajstić information content (AvgIpc) is 3.54. The zero-order valence-corrected chi connectivity index (χ0v) is 19.3. The van der Waals surface area contributed by atoms with Crippen molar-refractivity contribution in [2.75, 3.05) is 11.2 Å². The van der Waals surface area contributed by atoms with E-state index >= 15 is 0 Å². The van der Waals surface area contributed by atoms with E-state index in [0.717, 1.165) is 40.5 Å². The predicted molar refractivity (Wildman–Crippen MR) is 120 cm³/mol. The minimum Gasteiger partial charge on any atom is -0.487 e. The van der Waals surface area contributed by atoms with Crippen LogP contribution >= 0.6 is 20.7 Å². The van der Waals surface area contributed by atoms with Crippen LogP contribution in [0.4, 0.5) is 13.2 Å². The van der Waals surface area contributed by atoms with Crippen molar-refractivity contribution >= 4 is 24.2 Å². The molecule has 8 heteroatoms. The third kappa shape index (κ3) is 4.80. The monoisotopic (exact) mass is 549 g/mol. The normalized spacial score (nSPS) is 31.0. The maximum Gasteiger partial charge on any atom is 0.573 e. The van der Waals surface area contributed by atoms with Crippen LogP contribution in [0.1, 0.15) is 44.1 Å². The number of fused-ring (bicyclic) bond motifs is 2. The molecule has 170 valence electrons. The molecule has 1 heterocycles. The van der Waals surface area contributed by atoms with Crippen molar-refractivity contribution in [3.05, 3.63) is 41.2 Å². The van der Waals surface area contributed by atoms with Gasteiger partial charge in [-0.3, -0.25) is 0 Å². The largest absolute Gasteiger partial charge is 0.573 e. The van der Waals surface area contributed by atoms with Crippen LogP contribution in [0, 0.1) is 17.8 Å². The molecule has 0 amide bonds. The molecule has 2 atom stereocenters. The molecule has 2 N–H and O–H groups in total. The SMILES string of the molecule is NC1C2CCC1CC(OCC1=C(C3CC3)OCI=C1c1ccccc1OC(F)(F)F)C2. The van der Waals surface area contributed by atoms with Crippen molar-refractivity contribution in [1.29, 1.82) is 0 Å². The Hall–Kier alpha value is -1.13. The van der Waals surface area contributed by atoms with Gasteiger partial charge in [-0.1, -0.05) is 38.9 Å². The molecule has 1 aromatic rings. The second-order valence-corrected chi connectivity index (χ2v) is 11.4. The number of benzene rings is 1. The molecule has 3 saturated carbocycles. The van der Waals surface area contributed by atoms with Crippen molar-refractivity contribution in [2.24, 2.45) is 23.5 Å². The molecule has 1 aromatic carbocycles. The minimum absolute atomic E-state index is 0.138. The van der Waals surface area contributed by atoms with Gasteiger partial charge in [-0.25, -0.2) is 0 Å². The summed E-state index contributed by atoms with van der Waals surface area (Å²) in [4.78, 5) is 0. The zero-order chi connectivity index (χ0) is 21.6. The minimum atomic E-state index is -4.72. The van der Waals surface area contributed by atoms with Gasteiger partial charge in [0, 0.05) is 26.6 Å². The van der Waals surface area contributed by atoms with Gasteiger partial charge in [-0.2, -0.15) is 0 Å². The maximum absolute atomic E-state index is 13.0. The van der Waals surface area contributed by atoms with Gasteiger partial charge in [0.25, 0.3) is 0 Å². The van der Waals surface area contributed by atoms with E-state index in [4.69, 9.17) is 15.2 Å². The maximum atomic E-state index is 13.0. The first-order valence-corrected chi connectivity index (χ1v) is 13.5. The van der Waals surface area contributed by atoms with Crippen LogP contribution in [-0.2, 0) is 9.47 Å². The van der Waals surface area contributed by atoms with E-state index < -0.39 is 27.1 Å². The predicted octanol–water partition coefficient (Wildman–Crippen LogP) is 5.26. The number of halogens is 4. The van der Waals surface area contributed by atoms with Crippen molar-refractivity contribution in [3.63, 3.8) is 0 Å². The summed E-state index contributed by atoms with van der Waals surface area (Å²) < 4.78 is 57.4. The summed E-state index contributed by atoms with van der Waals surface area (Å²) in [6.07, 6.45) is 1.87. The van der Waals surface area contributed by atoms with Crippen LogP contribution in [0.15, 0.2) is 35.6 Å². The van der Waals surface area contributed by atoms with E-state index in [1.165, 1.54) is 18.9 Å². The number of rotatable bonds is 6. The van der Waals surface area contributed by atoms with Gasteiger partial charge < -0.3 is 19.9 Å². The lowest BCUT2D eigenvalue weighted by molar-refractivity contribution is -0.274. The molecule has 0 saturated heterocycles. The van der Waals surface area contributed by atoms with Gasteiger partial charge in [-0.15, -0.1) is 13.2 Å². The Labute approximate surface area is 190 Å². The quantitative estimate of drug-likeness (QED) is 0.389. The van der Waals surface area contributed by atoms with Crippen molar-refractivity contribution in [2.45, 2.75) is 57.0 Å². The molecule has 0 spiro atoms. The number of allylic oxidation sites excluding steroid dienone is 1.